The van der Waals surface area contributed by atoms with E-state index in [-0.39, 0.29) is 11.8 Å². The van der Waals surface area contributed by atoms with Gasteiger partial charge in [-0.05, 0) is 38.8 Å². The van der Waals surface area contributed by atoms with Gasteiger partial charge in [-0.2, -0.15) is 0 Å². The highest BCUT2D eigenvalue weighted by Crippen LogP contribution is 2.26. The van der Waals surface area contributed by atoms with E-state index in [1.165, 1.54) is 12.8 Å². The van der Waals surface area contributed by atoms with Gasteiger partial charge >= 0.3 is 0 Å². The first-order valence-electron chi connectivity index (χ1n) is 9.91. The Morgan fingerprint density at radius 1 is 1.11 bits per heavy atom. The van der Waals surface area contributed by atoms with Crippen LogP contribution in [0.3, 0.4) is 0 Å². The van der Waals surface area contributed by atoms with Gasteiger partial charge < -0.3 is 14.0 Å². The van der Waals surface area contributed by atoms with Crippen molar-refractivity contribution in [2.24, 2.45) is 7.05 Å². The number of likely N-dealkylation sites (tertiary alicyclic amines) is 2. The second-order valence-corrected chi connectivity index (χ2v) is 7.65. The highest BCUT2D eigenvalue weighted by Gasteiger charge is 2.28. The van der Waals surface area contributed by atoms with Crippen molar-refractivity contribution < 1.29 is 4.79 Å². The maximum atomic E-state index is 12.6. The smallest absolute Gasteiger partial charge is 0.224 e. The quantitative estimate of drug-likeness (QED) is 0.746. The molecule has 1 amide bonds. The first-order valence-corrected chi connectivity index (χ1v) is 9.91. The van der Waals surface area contributed by atoms with Crippen LogP contribution in [0.25, 0.3) is 0 Å². The third kappa shape index (κ3) is 4.18. The van der Waals surface area contributed by atoms with Gasteiger partial charge in [0.15, 0.2) is 0 Å². The van der Waals surface area contributed by atoms with Gasteiger partial charge in [0.05, 0.1) is 6.54 Å². The average Bonchev–Trinajstić information content (AvgIpc) is 3.44. The summed E-state index contributed by atoms with van der Waals surface area (Å²) in [5.41, 5.74) is 0. The minimum absolute atomic E-state index is 0.188. The summed E-state index contributed by atoms with van der Waals surface area (Å²) in [6.45, 7) is 5.36. The third-order valence-corrected chi connectivity index (χ3v) is 5.75. The van der Waals surface area contributed by atoms with Gasteiger partial charge in [-0.1, -0.05) is 0 Å². The Kier molecular flexibility index (Phi) is 5.47. The summed E-state index contributed by atoms with van der Waals surface area (Å²) in [7, 11) is 2.06. The van der Waals surface area contributed by atoms with E-state index in [1.807, 2.05) is 9.47 Å². The zero-order chi connectivity index (χ0) is 18.6. The topological polar surface area (TPSA) is 85.0 Å². The zero-order valence-electron chi connectivity index (χ0n) is 16.0. The van der Waals surface area contributed by atoms with E-state index in [0.29, 0.717) is 13.0 Å². The Hall–Kier alpha value is -2.29. The molecule has 0 saturated carbocycles. The van der Waals surface area contributed by atoms with E-state index >= 15 is 0 Å². The van der Waals surface area contributed by atoms with Crippen molar-refractivity contribution in [1.82, 2.24) is 39.3 Å². The number of amides is 1. The predicted molar refractivity (Wildman–Crippen MR) is 98.7 cm³/mol. The molecule has 2 saturated heterocycles. The number of rotatable bonds is 6. The van der Waals surface area contributed by atoms with Gasteiger partial charge in [0.1, 0.15) is 24.3 Å². The van der Waals surface area contributed by atoms with E-state index < -0.39 is 0 Å². The van der Waals surface area contributed by atoms with Crippen LogP contribution in [-0.2, 0) is 24.9 Å². The van der Waals surface area contributed by atoms with E-state index in [2.05, 4.69) is 36.9 Å². The van der Waals surface area contributed by atoms with Crippen molar-refractivity contribution in [3.8, 4) is 0 Å². The summed E-state index contributed by atoms with van der Waals surface area (Å²) in [6, 6.07) is 0. The fourth-order valence-electron chi connectivity index (χ4n) is 4.14. The fraction of sp³-hybridized carbons (Fsp3) is 0.722. The van der Waals surface area contributed by atoms with Crippen LogP contribution in [0, 0.1) is 0 Å². The standard InChI is InChI=1S/C18H28N8O/c1-23-16(12-24-7-2-3-8-24)21-22-18(23)15-5-4-9-26(11-15)17(27)6-10-25-13-19-20-14-25/h13-15H,2-12H2,1H3/t15-/m0/s1. The van der Waals surface area contributed by atoms with Crippen molar-refractivity contribution in [2.75, 3.05) is 26.2 Å². The number of piperidine rings is 1. The Balaban J connectivity index is 1.36. The van der Waals surface area contributed by atoms with E-state index in [4.69, 9.17) is 0 Å². The molecule has 0 aromatic carbocycles. The first-order chi connectivity index (χ1) is 13.2. The summed E-state index contributed by atoms with van der Waals surface area (Å²) in [5, 5.41) is 16.5. The van der Waals surface area contributed by atoms with Crippen LogP contribution in [0.15, 0.2) is 12.7 Å². The summed E-state index contributed by atoms with van der Waals surface area (Å²) >= 11 is 0. The second kappa shape index (κ2) is 8.16. The van der Waals surface area contributed by atoms with Gasteiger partial charge in [-0.3, -0.25) is 9.69 Å². The molecular formula is C18H28N8O. The van der Waals surface area contributed by atoms with E-state index in [0.717, 1.165) is 57.2 Å². The monoisotopic (exact) mass is 372 g/mol. The van der Waals surface area contributed by atoms with Crippen LogP contribution in [0.2, 0.25) is 0 Å². The third-order valence-electron chi connectivity index (χ3n) is 5.75. The van der Waals surface area contributed by atoms with Crippen LogP contribution in [0.4, 0.5) is 0 Å². The number of carbonyl (C=O) groups excluding carboxylic acids is 1. The SMILES string of the molecule is Cn1c(CN2CCCC2)nnc1[C@H]1CCCN(C(=O)CCn2cnnc2)C1. The second-order valence-electron chi connectivity index (χ2n) is 7.65. The molecule has 0 aliphatic carbocycles. The Morgan fingerprint density at radius 2 is 1.89 bits per heavy atom. The molecule has 0 N–H and O–H groups in total. The minimum atomic E-state index is 0.188. The molecule has 2 aromatic rings. The molecule has 1 atom stereocenters. The van der Waals surface area contributed by atoms with Crippen LogP contribution in [-0.4, -0.2) is 71.4 Å². The lowest BCUT2D eigenvalue weighted by Gasteiger charge is -2.32. The highest BCUT2D eigenvalue weighted by molar-refractivity contribution is 5.76. The van der Waals surface area contributed by atoms with Gasteiger partial charge in [-0.25, -0.2) is 0 Å². The number of hydrogen-bond acceptors (Lipinski definition) is 6. The molecule has 2 aliphatic heterocycles. The average molecular weight is 372 g/mol. The molecule has 0 bridgehead atoms. The summed E-state index contributed by atoms with van der Waals surface area (Å²) in [4.78, 5) is 17.0. The van der Waals surface area contributed by atoms with Crippen LogP contribution < -0.4 is 0 Å². The molecule has 9 heteroatoms. The Morgan fingerprint density at radius 3 is 2.67 bits per heavy atom. The van der Waals surface area contributed by atoms with Crippen molar-refractivity contribution >= 4 is 5.91 Å². The maximum Gasteiger partial charge on any atom is 0.224 e. The maximum absolute atomic E-state index is 12.6. The Bertz CT molecular complexity index is 750. The molecule has 4 heterocycles. The number of carbonyl (C=O) groups is 1. The number of hydrogen-bond donors (Lipinski definition) is 0. The molecule has 27 heavy (non-hydrogen) atoms. The fourth-order valence-corrected chi connectivity index (χ4v) is 4.14. The van der Waals surface area contributed by atoms with Crippen LogP contribution >= 0.6 is 0 Å². The molecule has 0 unspecified atom stereocenters. The largest absolute Gasteiger partial charge is 0.342 e. The predicted octanol–water partition coefficient (Wildman–Crippen LogP) is 0.799. The van der Waals surface area contributed by atoms with Crippen LogP contribution in [0.5, 0.6) is 0 Å². The van der Waals surface area contributed by atoms with Gasteiger partial charge in [-0.15, -0.1) is 20.4 Å². The summed E-state index contributed by atoms with van der Waals surface area (Å²) in [5.74, 6) is 2.50. The first kappa shape index (κ1) is 18.1. The molecule has 9 nitrogen and oxygen atoms in total. The van der Waals surface area contributed by atoms with Crippen molar-refractivity contribution in [3.63, 3.8) is 0 Å². The van der Waals surface area contributed by atoms with Crippen LogP contribution in [0.1, 0.15) is 49.7 Å². The minimum Gasteiger partial charge on any atom is -0.342 e. The molecule has 0 spiro atoms. The molecule has 2 fully saturated rings. The lowest BCUT2D eigenvalue weighted by atomic mass is 9.97. The molecule has 0 radical (unpaired) electrons. The van der Waals surface area contributed by atoms with Gasteiger partial charge in [0, 0.05) is 39.0 Å². The van der Waals surface area contributed by atoms with Gasteiger partial charge in [0.25, 0.3) is 0 Å². The molecule has 2 aliphatic rings. The summed E-state index contributed by atoms with van der Waals surface area (Å²) < 4.78 is 3.99. The Labute approximate surface area is 159 Å². The zero-order valence-corrected chi connectivity index (χ0v) is 16.0. The lowest BCUT2D eigenvalue weighted by molar-refractivity contribution is -0.132. The van der Waals surface area contributed by atoms with Crippen molar-refractivity contribution in [2.45, 2.75) is 51.1 Å². The highest BCUT2D eigenvalue weighted by atomic mass is 16.2. The number of nitrogens with zero attached hydrogens (tertiary/aromatic N) is 8. The van der Waals surface area contributed by atoms with Crippen molar-refractivity contribution in [3.05, 3.63) is 24.3 Å². The number of aromatic nitrogens is 6. The molecule has 2 aromatic heterocycles. The van der Waals surface area contributed by atoms with E-state index in [1.54, 1.807) is 12.7 Å². The van der Waals surface area contributed by atoms with Gasteiger partial charge in [0.2, 0.25) is 5.91 Å². The molecule has 146 valence electrons. The molecule has 4 rings (SSSR count). The molecular weight excluding hydrogens is 344 g/mol. The van der Waals surface area contributed by atoms with Crippen molar-refractivity contribution in [1.29, 1.82) is 0 Å². The lowest BCUT2D eigenvalue weighted by Crippen LogP contribution is -2.40. The normalized spacial score (nSPS) is 21.1. The number of aryl methyl sites for hydroxylation is 1. The van der Waals surface area contributed by atoms with E-state index in [9.17, 15) is 4.79 Å². The summed E-state index contributed by atoms with van der Waals surface area (Å²) in [6.07, 6.45) is 8.40.